The van der Waals surface area contributed by atoms with Gasteiger partial charge in [-0.05, 0) is 31.6 Å². The minimum Gasteiger partial charge on any atom is -0.406 e. The Balaban J connectivity index is 1.75. The van der Waals surface area contributed by atoms with Crippen LogP contribution in [0.15, 0.2) is 4.42 Å². The van der Waals surface area contributed by atoms with Crippen LogP contribution in [0.1, 0.15) is 31.0 Å². The maximum absolute atomic E-state index is 5.88. The van der Waals surface area contributed by atoms with Gasteiger partial charge in [0.25, 0.3) is 0 Å². The highest BCUT2D eigenvalue weighted by molar-refractivity contribution is 6.20. The van der Waals surface area contributed by atoms with Crippen molar-refractivity contribution in [2.75, 3.05) is 18.0 Å². The van der Waals surface area contributed by atoms with E-state index in [1.54, 1.807) is 0 Å². The van der Waals surface area contributed by atoms with Crippen LogP contribution in [0.3, 0.4) is 0 Å². The highest BCUT2D eigenvalue weighted by Crippen LogP contribution is 2.41. The quantitative estimate of drug-likeness (QED) is 0.727. The first-order valence-electron chi connectivity index (χ1n) is 5.46. The fraction of sp³-hybridized carbons (Fsp3) is 0.800. The molecule has 2 aliphatic rings. The summed E-state index contributed by atoms with van der Waals surface area (Å²) >= 11 is 5.88. The minimum absolute atomic E-state index is 0.203. The molecule has 3 unspecified atom stereocenters. The summed E-state index contributed by atoms with van der Waals surface area (Å²) in [5.41, 5.74) is 0. The molecule has 2 fully saturated rings. The average molecular weight is 228 g/mol. The molecule has 0 spiro atoms. The molecule has 1 saturated heterocycles. The molecule has 1 saturated carbocycles. The summed E-state index contributed by atoms with van der Waals surface area (Å²) in [5, 5.41) is 7.78. The number of hydrogen-bond donors (Lipinski definition) is 0. The molecular formula is C10H14ClN3O. The third-order valence-electron chi connectivity index (χ3n) is 3.53. The lowest BCUT2D eigenvalue weighted by Gasteiger charge is -2.27. The largest absolute Gasteiger partial charge is 0.406 e. The van der Waals surface area contributed by atoms with E-state index in [1.807, 2.05) is 6.92 Å². The van der Waals surface area contributed by atoms with E-state index in [1.165, 1.54) is 12.8 Å². The molecule has 3 atom stereocenters. The Morgan fingerprint density at radius 3 is 2.47 bits per heavy atom. The molecule has 82 valence electrons. The summed E-state index contributed by atoms with van der Waals surface area (Å²) in [6.07, 6.45) is 2.71. The summed E-state index contributed by atoms with van der Waals surface area (Å²) < 4.78 is 5.53. The van der Waals surface area contributed by atoms with Crippen molar-refractivity contribution in [3.05, 3.63) is 5.89 Å². The number of hydrogen-bond acceptors (Lipinski definition) is 4. The molecule has 0 radical (unpaired) electrons. The van der Waals surface area contributed by atoms with Crippen molar-refractivity contribution in [2.24, 2.45) is 11.8 Å². The third-order valence-corrected chi connectivity index (χ3v) is 3.71. The van der Waals surface area contributed by atoms with E-state index in [4.69, 9.17) is 16.0 Å². The molecule has 1 aromatic heterocycles. The molecule has 0 bridgehead atoms. The first-order chi connectivity index (χ1) is 7.24. The Bertz CT molecular complexity index is 353. The van der Waals surface area contributed by atoms with Gasteiger partial charge in [0.05, 0.1) is 0 Å². The summed E-state index contributed by atoms with van der Waals surface area (Å²) in [5.74, 6) is 2.23. The summed E-state index contributed by atoms with van der Waals surface area (Å²) in [4.78, 5) is 2.19. The number of aromatic nitrogens is 2. The van der Waals surface area contributed by atoms with Gasteiger partial charge in [0.2, 0.25) is 5.89 Å². The zero-order valence-electron chi connectivity index (χ0n) is 8.69. The first kappa shape index (κ1) is 9.46. The number of fused-ring (bicyclic) bond motifs is 1. The van der Waals surface area contributed by atoms with Crippen molar-refractivity contribution in [1.29, 1.82) is 0 Å². The minimum atomic E-state index is -0.203. The van der Waals surface area contributed by atoms with Gasteiger partial charge in [-0.15, -0.1) is 16.7 Å². The number of alkyl halides is 1. The highest BCUT2D eigenvalue weighted by Gasteiger charge is 2.40. The zero-order chi connectivity index (χ0) is 10.4. The molecule has 2 heterocycles. The van der Waals surface area contributed by atoms with Gasteiger partial charge < -0.3 is 9.32 Å². The van der Waals surface area contributed by atoms with Crippen molar-refractivity contribution >= 4 is 17.6 Å². The smallest absolute Gasteiger partial charge is 0.318 e. The van der Waals surface area contributed by atoms with Crippen LogP contribution in [0.5, 0.6) is 0 Å². The molecule has 15 heavy (non-hydrogen) atoms. The molecule has 1 aliphatic heterocycles. The van der Waals surface area contributed by atoms with Crippen LogP contribution < -0.4 is 4.90 Å². The Labute approximate surface area is 93.6 Å². The van der Waals surface area contributed by atoms with Crippen molar-refractivity contribution in [1.82, 2.24) is 10.2 Å². The van der Waals surface area contributed by atoms with Crippen LogP contribution in [0.2, 0.25) is 0 Å². The topological polar surface area (TPSA) is 42.2 Å². The van der Waals surface area contributed by atoms with Gasteiger partial charge >= 0.3 is 6.01 Å². The standard InChI is InChI=1S/C10H14ClN3O/c1-6(11)9-12-13-10(15-9)14-4-7-2-3-8(7)5-14/h6-8H,2-5H2,1H3. The van der Waals surface area contributed by atoms with Crippen LogP contribution in [0, 0.1) is 11.8 Å². The molecule has 5 heteroatoms. The van der Waals surface area contributed by atoms with E-state index in [9.17, 15) is 0 Å². The van der Waals surface area contributed by atoms with Crippen molar-refractivity contribution in [2.45, 2.75) is 25.1 Å². The van der Waals surface area contributed by atoms with E-state index in [-0.39, 0.29) is 5.38 Å². The van der Waals surface area contributed by atoms with Gasteiger partial charge in [-0.2, -0.15) is 0 Å². The van der Waals surface area contributed by atoms with E-state index < -0.39 is 0 Å². The van der Waals surface area contributed by atoms with E-state index in [0.717, 1.165) is 24.9 Å². The van der Waals surface area contributed by atoms with Gasteiger partial charge in [0.15, 0.2) is 0 Å². The predicted octanol–water partition coefficient (Wildman–Crippen LogP) is 2.22. The van der Waals surface area contributed by atoms with Gasteiger partial charge in [0, 0.05) is 13.1 Å². The summed E-state index contributed by atoms with van der Waals surface area (Å²) in [7, 11) is 0. The average Bonchev–Trinajstić information content (AvgIpc) is 2.73. The second kappa shape index (κ2) is 3.37. The molecule has 0 aromatic carbocycles. The van der Waals surface area contributed by atoms with E-state index >= 15 is 0 Å². The number of halogens is 1. The SMILES string of the molecule is CC(Cl)c1nnc(N2CC3CCC3C2)o1. The van der Waals surface area contributed by atoms with Crippen LogP contribution in [0.4, 0.5) is 6.01 Å². The van der Waals surface area contributed by atoms with Gasteiger partial charge in [-0.25, -0.2) is 0 Å². The fourth-order valence-electron chi connectivity index (χ4n) is 2.43. The summed E-state index contributed by atoms with van der Waals surface area (Å²) in [6, 6.07) is 0.645. The normalized spacial score (nSPS) is 31.2. The van der Waals surface area contributed by atoms with Gasteiger partial charge in [-0.3, -0.25) is 0 Å². The molecule has 1 aromatic rings. The van der Waals surface area contributed by atoms with Crippen molar-refractivity contribution in [3.63, 3.8) is 0 Å². The molecule has 4 nitrogen and oxygen atoms in total. The number of anilines is 1. The maximum Gasteiger partial charge on any atom is 0.318 e. The van der Waals surface area contributed by atoms with Crippen LogP contribution >= 0.6 is 11.6 Å². The lowest BCUT2D eigenvalue weighted by atomic mass is 9.77. The molecule has 0 N–H and O–H groups in total. The Kier molecular flexibility index (Phi) is 2.12. The lowest BCUT2D eigenvalue weighted by Crippen LogP contribution is -2.22. The second-order valence-corrected chi connectivity index (χ2v) is 5.20. The molecule has 0 amide bonds. The van der Waals surface area contributed by atoms with Crippen LogP contribution in [-0.4, -0.2) is 23.3 Å². The van der Waals surface area contributed by atoms with Gasteiger partial charge in [0.1, 0.15) is 5.38 Å². The van der Waals surface area contributed by atoms with E-state index in [2.05, 4.69) is 15.1 Å². The number of nitrogens with zero attached hydrogens (tertiary/aromatic N) is 3. The van der Waals surface area contributed by atoms with Gasteiger partial charge in [-0.1, -0.05) is 5.10 Å². The maximum atomic E-state index is 5.88. The monoisotopic (exact) mass is 227 g/mol. The Morgan fingerprint density at radius 2 is 2.00 bits per heavy atom. The van der Waals surface area contributed by atoms with Crippen LogP contribution in [-0.2, 0) is 0 Å². The second-order valence-electron chi connectivity index (χ2n) is 4.54. The molecule has 1 aliphatic carbocycles. The Morgan fingerprint density at radius 1 is 1.33 bits per heavy atom. The first-order valence-corrected chi connectivity index (χ1v) is 5.90. The Hall–Kier alpha value is -0.770. The molecular weight excluding hydrogens is 214 g/mol. The number of rotatable bonds is 2. The van der Waals surface area contributed by atoms with E-state index in [0.29, 0.717) is 11.9 Å². The van der Waals surface area contributed by atoms with Crippen molar-refractivity contribution < 1.29 is 4.42 Å². The predicted molar refractivity (Wildman–Crippen MR) is 57.0 cm³/mol. The summed E-state index contributed by atoms with van der Waals surface area (Å²) in [6.45, 7) is 3.98. The lowest BCUT2D eigenvalue weighted by molar-refractivity contribution is 0.243. The highest BCUT2D eigenvalue weighted by atomic mass is 35.5. The third kappa shape index (κ3) is 1.51. The molecule has 3 rings (SSSR count). The fourth-order valence-corrected chi connectivity index (χ4v) is 2.52. The zero-order valence-corrected chi connectivity index (χ0v) is 9.44. The van der Waals surface area contributed by atoms with Crippen LogP contribution in [0.25, 0.3) is 0 Å². The van der Waals surface area contributed by atoms with Crippen molar-refractivity contribution in [3.8, 4) is 0 Å².